The van der Waals surface area contributed by atoms with Crippen LogP contribution >= 0.6 is 0 Å². The molecule has 2 aromatic heterocycles. The topological polar surface area (TPSA) is 65.7 Å². The quantitative estimate of drug-likeness (QED) is 0.867. The third-order valence-electron chi connectivity index (χ3n) is 4.06. The smallest absolute Gasteiger partial charge is 0.391 e. The highest BCUT2D eigenvalue weighted by atomic mass is 19.4. The van der Waals surface area contributed by atoms with E-state index in [-0.39, 0.29) is 18.9 Å². The standard InChI is InChI=1S/C14H16F3N5O/c1-9-12(22-8-18-6-21-22)19-7-20-13(9)23-11-4-2-10(3-5-11)14(15,16)17/h6-8,10-11H,2-5H2,1H3. The van der Waals surface area contributed by atoms with Crippen LogP contribution in [0.2, 0.25) is 0 Å². The lowest BCUT2D eigenvalue weighted by molar-refractivity contribution is -0.185. The Balaban J connectivity index is 1.69. The summed E-state index contributed by atoms with van der Waals surface area (Å²) >= 11 is 0. The lowest BCUT2D eigenvalue weighted by Gasteiger charge is -2.30. The molecule has 0 unspecified atom stereocenters. The highest BCUT2D eigenvalue weighted by Gasteiger charge is 2.41. The van der Waals surface area contributed by atoms with Crippen LogP contribution in [0.4, 0.5) is 13.2 Å². The molecule has 9 heteroatoms. The van der Waals surface area contributed by atoms with Crippen LogP contribution < -0.4 is 4.74 Å². The molecule has 1 aliphatic rings. The first-order valence-electron chi connectivity index (χ1n) is 7.35. The second kappa shape index (κ2) is 6.13. The fraction of sp³-hybridized carbons (Fsp3) is 0.571. The van der Waals surface area contributed by atoms with Gasteiger partial charge in [0, 0.05) is 0 Å². The van der Waals surface area contributed by atoms with Crippen molar-refractivity contribution in [3.63, 3.8) is 0 Å². The molecule has 0 spiro atoms. The van der Waals surface area contributed by atoms with E-state index in [1.807, 2.05) is 0 Å². The van der Waals surface area contributed by atoms with E-state index in [4.69, 9.17) is 4.74 Å². The number of aromatic nitrogens is 5. The van der Waals surface area contributed by atoms with Crippen LogP contribution in [0, 0.1) is 12.8 Å². The summed E-state index contributed by atoms with van der Waals surface area (Å²) in [5, 5.41) is 4.01. The lowest BCUT2D eigenvalue weighted by atomic mass is 9.87. The first-order chi connectivity index (χ1) is 10.9. The number of hydrogen-bond donors (Lipinski definition) is 0. The van der Waals surface area contributed by atoms with Gasteiger partial charge in [-0.05, 0) is 32.6 Å². The van der Waals surface area contributed by atoms with Crippen molar-refractivity contribution in [2.24, 2.45) is 5.92 Å². The Morgan fingerprint density at radius 3 is 2.48 bits per heavy atom. The molecule has 0 N–H and O–H groups in total. The van der Waals surface area contributed by atoms with Crippen LogP contribution in [0.1, 0.15) is 31.2 Å². The summed E-state index contributed by atoms with van der Waals surface area (Å²) in [6, 6.07) is 0. The van der Waals surface area contributed by atoms with Crippen LogP contribution in [-0.2, 0) is 0 Å². The Labute approximate surface area is 130 Å². The van der Waals surface area contributed by atoms with E-state index in [2.05, 4.69) is 20.1 Å². The first kappa shape index (κ1) is 15.7. The number of rotatable bonds is 3. The summed E-state index contributed by atoms with van der Waals surface area (Å²) in [6.45, 7) is 1.79. The minimum absolute atomic E-state index is 0.0915. The molecule has 124 valence electrons. The number of alkyl halides is 3. The average Bonchev–Trinajstić information content (AvgIpc) is 3.03. The number of halogens is 3. The predicted molar refractivity (Wildman–Crippen MR) is 74.1 cm³/mol. The summed E-state index contributed by atoms with van der Waals surface area (Å²) in [7, 11) is 0. The Morgan fingerprint density at radius 2 is 1.87 bits per heavy atom. The Bertz CT molecular complexity index is 651. The van der Waals surface area contributed by atoms with E-state index >= 15 is 0 Å². The fourth-order valence-corrected chi connectivity index (χ4v) is 2.76. The van der Waals surface area contributed by atoms with E-state index in [9.17, 15) is 13.2 Å². The zero-order chi connectivity index (χ0) is 16.4. The largest absolute Gasteiger partial charge is 0.474 e. The van der Waals surface area contributed by atoms with Crippen LogP contribution in [-0.4, -0.2) is 37.0 Å². The van der Waals surface area contributed by atoms with Crippen molar-refractivity contribution >= 4 is 0 Å². The molecule has 0 aromatic carbocycles. The number of hydrogen-bond acceptors (Lipinski definition) is 5. The summed E-state index contributed by atoms with van der Waals surface area (Å²) < 4.78 is 45.4. The van der Waals surface area contributed by atoms with E-state index in [0.717, 1.165) is 0 Å². The molecule has 0 radical (unpaired) electrons. The molecule has 23 heavy (non-hydrogen) atoms. The monoisotopic (exact) mass is 327 g/mol. The predicted octanol–water partition coefficient (Wildman–Crippen LogP) is 2.87. The summed E-state index contributed by atoms with van der Waals surface area (Å²) in [6.07, 6.45) is 0.789. The maximum atomic E-state index is 12.7. The SMILES string of the molecule is Cc1c(OC2CCC(C(F)(F)F)CC2)ncnc1-n1cncn1. The van der Waals surface area contributed by atoms with Gasteiger partial charge in [-0.3, -0.25) is 0 Å². The van der Waals surface area contributed by atoms with Gasteiger partial charge in [0.2, 0.25) is 5.88 Å². The second-order valence-corrected chi connectivity index (χ2v) is 5.60. The van der Waals surface area contributed by atoms with Crippen LogP contribution in [0.15, 0.2) is 19.0 Å². The van der Waals surface area contributed by atoms with Gasteiger partial charge < -0.3 is 4.74 Å². The molecule has 0 amide bonds. The molecule has 1 fully saturated rings. The van der Waals surface area contributed by atoms with Gasteiger partial charge in [0.1, 0.15) is 25.1 Å². The Kier molecular flexibility index (Phi) is 4.18. The Hall–Kier alpha value is -2.19. The normalized spacial score (nSPS) is 22.1. The van der Waals surface area contributed by atoms with Crippen molar-refractivity contribution in [3.05, 3.63) is 24.5 Å². The minimum atomic E-state index is -4.12. The molecule has 3 rings (SSSR count). The van der Waals surface area contributed by atoms with E-state index in [1.165, 1.54) is 23.7 Å². The molecule has 6 nitrogen and oxygen atoms in total. The maximum absolute atomic E-state index is 12.7. The third kappa shape index (κ3) is 3.43. The molecular weight excluding hydrogens is 311 g/mol. The third-order valence-corrected chi connectivity index (χ3v) is 4.06. The zero-order valence-corrected chi connectivity index (χ0v) is 12.5. The number of nitrogens with zero attached hydrogens (tertiary/aromatic N) is 5. The second-order valence-electron chi connectivity index (χ2n) is 5.60. The van der Waals surface area contributed by atoms with Gasteiger partial charge in [0.15, 0.2) is 5.82 Å². The summed E-state index contributed by atoms with van der Waals surface area (Å²) in [5.74, 6) is -0.308. The fourth-order valence-electron chi connectivity index (χ4n) is 2.76. The minimum Gasteiger partial charge on any atom is -0.474 e. The van der Waals surface area contributed by atoms with Gasteiger partial charge in [-0.25, -0.2) is 19.6 Å². The van der Waals surface area contributed by atoms with Gasteiger partial charge in [0.25, 0.3) is 0 Å². The summed E-state index contributed by atoms with van der Waals surface area (Å²) in [4.78, 5) is 12.1. The van der Waals surface area contributed by atoms with Crippen molar-refractivity contribution in [2.75, 3.05) is 0 Å². The van der Waals surface area contributed by atoms with Crippen molar-refractivity contribution < 1.29 is 17.9 Å². The van der Waals surface area contributed by atoms with E-state index in [0.29, 0.717) is 30.1 Å². The van der Waals surface area contributed by atoms with Gasteiger partial charge in [0.05, 0.1) is 11.5 Å². The van der Waals surface area contributed by atoms with Crippen LogP contribution in [0.3, 0.4) is 0 Å². The van der Waals surface area contributed by atoms with Gasteiger partial charge in [-0.1, -0.05) is 0 Å². The molecule has 0 aliphatic heterocycles. The van der Waals surface area contributed by atoms with Gasteiger partial charge in [-0.2, -0.15) is 18.3 Å². The zero-order valence-electron chi connectivity index (χ0n) is 12.5. The van der Waals surface area contributed by atoms with Crippen LogP contribution in [0.5, 0.6) is 5.88 Å². The molecule has 2 heterocycles. The van der Waals surface area contributed by atoms with E-state index < -0.39 is 12.1 Å². The van der Waals surface area contributed by atoms with Crippen molar-refractivity contribution in [2.45, 2.75) is 44.9 Å². The number of ether oxygens (including phenoxy) is 1. The molecule has 0 bridgehead atoms. The molecule has 2 aromatic rings. The molecule has 1 saturated carbocycles. The average molecular weight is 327 g/mol. The van der Waals surface area contributed by atoms with E-state index in [1.54, 1.807) is 6.92 Å². The van der Waals surface area contributed by atoms with Crippen LogP contribution in [0.25, 0.3) is 5.82 Å². The maximum Gasteiger partial charge on any atom is 0.391 e. The highest BCUT2D eigenvalue weighted by Crippen LogP contribution is 2.38. The molecular formula is C14H16F3N5O. The first-order valence-corrected chi connectivity index (χ1v) is 7.35. The van der Waals surface area contributed by atoms with Gasteiger partial charge in [-0.15, -0.1) is 0 Å². The molecule has 0 saturated heterocycles. The van der Waals surface area contributed by atoms with Crippen molar-refractivity contribution in [1.82, 2.24) is 24.7 Å². The van der Waals surface area contributed by atoms with Crippen molar-refractivity contribution in [1.29, 1.82) is 0 Å². The molecule has 0 atom stereocenters. The summed E-state index contributed by atoms with van der Waals surface area (Å²) in [5.41, 5.74) is 0.677. The Morgan fingerprint density at radius 1 is 1.13 bits per heavy atom. The van der Waals surface area contributed by atoms with Crippen molar-refractivity contribution in [3.8, 4) is 11.7 Å². The van der Waals surface area contributed by atoms with Gasteiger partial charge >= 0.3 is 6.18 Å². The lowest BCUT2D eigenvalue weighted by Crippen LogP contribution is -2.32. The molecule has 1 aliphatic carbocycles. The highest BCUT2D eigenvalue weighted by molar-refractivity contribution is 5.37.